The second-order valence-corrected chi connectivity index (χ2v) is 7.79. The number of amides is 1. The monoisotopic (exact) mass is 361 g/mol. The van der Waals surface area contributed by atoms with E-state index in [2.05, 4.69) is 0 Å². The molecule has 1 aromatic carbocycles. The Bertz CT molecular complexity index is 690. The maximum atomic E-state index is 12.7. The van der Waals surface area contributed by atoms with Crippen LogP contribution >= 0.6 is 22.3 Å². The molecule has 10 heteroatoms. The number of alkyl halides is 3. The van der Waals surface area contributed by atoms with Crippen molar-refractivity contribution in [3.63, 3.8) is 0 Å². The number of nitrogens with zero attached hydrogens (tertiary/aromatic N) is 1. The average Bonchev–Trinajstić information content (AvgIpc) is 2.70. The number of carbonyl (C=O) groups is 1. The van der Waals surface area contributed by atoms with Crippen molar-refractivity contribution in [2.24, 2.45) is 0 Å². The largest absolute Gasteiger partial charge is 0.416 e. The third-order valence-corrected chi connectivity index (χ3v) is 5.24. The maximum absolute atomic E-state index is 12.7. The van der Waals surface area contributed by atoms with Gasteiger partial charge < -0.3 is 4.90 Å². The molecule has 1 amide bonds. The highest BCUT2D eigenvalue weighted by Crippen LogP contribution is 2.37. The fourth-order valence-corrected chi connectivity index (χ4v) is 3.24. The summed E-state index contributed by atoms with van der Waals surface area (Å²) in [6.45, 7) is -0.328. The van der Waals surface area contributed by atoms with E-state index < -0.39 is 38.4 Å². The highest BCUT2D eigenvalue weighted by atomic mass is 35.7. The molecule has 0 N–H and O–H groups in total. The van der Waals surface area contributed by atoms with Gasteiger partial charge >= 0.3 is 6.18 Å². The van der Waals surface area contributed by atoms with Gasteiger partial charge in [-0.25, -0.2) is 8.42 Å². The summed E-state index contributed by atoms with van der Waals surface area (Å²) in [4.78, 5) is 12.7. The Kier molecular flexibility index (Phi) is 4.16. The van der Waals surface area contributed by atoms with Crippen molar-refractivity contribution in [1.29, 1.82) is 0 Å². The standard InChI is InChI=1S/C11H8Cl2F3NO3S/c12-8-2-1-6(11(14,15)16)3-9(8)17-5-7(4-10(17)18)21(13,19)20/h1-3,7H,4-5H2. The normalized spacial score (nSPS) is 20.1. The molecule has 21 heavy (non-hydrogen) atoms. The molecule has 0 aromatic heterocycles. The van der Waals surface area contributed by atoms with Crippen LogP contribution in [0.5, 0.6) is 0 Å². The van der Waals surface area contributed by atoms with Crippen molar-refractivity contribution in [2.75, 3.05) is 11.4 Å². The summed E-state index contributed by atoms with van der Waals surface area (Å²) in [6, 6.07) is 2.50. The van der Waals surface area contributed by atoms with Crippen molar-refractivity contribution >= 4 is 42.9 Å². The summed E-state index contributed by atoms with van der Waals surface area (Å²) in [7, 11) is 1.20. The number of halogens is 5. The van der Waals surface area contributed by atoms with Crippen molar-refractivity contribution in [1.82, 2.24) is 0 Å². The van der Waals surface area contributed by atoms with Crippen LogP contribution in [0.4, 0.5) is 18.9 Å². The van der Waals surface area contributed by atoms with Gasteiger partial charge in [0.15, 0.2) is 0 Å². The fraction of sp³-hybridized carbons (Fsp3) is 0.364. The molecule has 1 aromatic rings. The molecular formula is C11H8Cl2F3NO3S. The lowest BCUT2D eigenvalue weighted by Gasteiger charge is -2.19. The third kappa shape index (κ3) is 3.44. The quantitative estimate of drug-likeness (QED) is 0.760. The predicted octanol–water partition coefficient (Wildman–Crippen LogP) is 3.03. The molecular weight excluding hydrogens is 354 g/mol. The van der Waals surface area contributed by atoms with Gasteiger partial charge in [0.05, 0.1) is 16.3 Å². The summed E-state index contributed by atoms with van der Waals surface area (Å²) in [5, 5.41) is -1.25. The summed E-state index contributed by atoms with van der Waals surface area (Å²) in [5.41, 5.74) is -1.16. The zero-order chi connectivity index (χ0) is 16.0. The smallest absolute Gasteiger partial charge is 0.310 e. The molecule has 0 aliphatic carbocycles. The SMILES string of the molecule is O=C1CC(S(=O)(=O)Cl)CN1c1cc(C(F)(F)F)ccc1Cl. The highest BCUT2D eigenvalue weighted by molar-refractivity contribution is 8.14. The van der Waals surface area contributed by atoms with Crippen LogP contribution in [0, 0.1) is 0 Å². The second-order valence-electron chi connectivity index (χ2n) is 4.47. The van der Waals surface area contributed by atoms with Crippen molar-refractivity contribution in [2.45, 2.75) is 17.8 Å². The van der Waals surface area contributed by atoms with Crippen LogP contribution in [0.2, 0.25) is 5.02 Å². The Morgan fingerprint density at radius 2 is 1.90 bits per heavy atom. The number of hydrogen-bond acceptors (Lipinski definition) is 3. The van der Waals surface area contributed by atoms with Crippen LogP contribution in [0.1, 0.15) is 12.0 Å². The lowest BCUT2D eigenvalue weighted by atomic mass is 10.2. The topological polar surface area (TPSA) is 54.5 Å². The molecule has 0 spiro atoms. The van der Waals surface area contributed by atoms with Gasteiger partial charge in [-0.15, -0.1) is 0 Å². The molecule has 1 aliphatic heterocycles. The first-order chi connectivity index (χ1) is 9.50. The molecule has 1 unspecified atom stereocenters. The Hall–Kier alpha value is -0.990. The van der Waals surface area contributed by atoms with Gasteiger partial charge in [-0.05, 0) is 18.2 Å². The first-order valence-corrected chi connectivity index (χ1v) is 8.36. The molecule has 0 bridgehead atoms. The average molecular weight is 362 g/mol. The first-order valence-electron chi connectivity index (χ1n) is 5.60. The molecule has 4 nitrogen and oxygen atoms in total. The molecule has 1 heterocycles. The number of rotatable bonds is 2. The molecule has 1 saturated heterocycles. The second kappa shape index (κ2) is 5.33. The summed E-state index contributed by atoms with van der Waals surface area (Å²) in [6.07, 6.45) is -4.99. The van der Waals surface area contributed by atoms with E-state index in [0.717, 1.165) is 17.0 Å². The van der Waals surface area contributed by atoms with Gasteiger partial charge in [0, 0.05) is 23.6 Å². The van der Waals surface area contributed by atoms with E-state index >= 15 is 0 Å². The number of anilines is 1. The Morgan fingerprint density at radius 3 is 2.38 bits per heavy atom. The lowest BCUT2D eigenvalue weighted by Crippen LogP contribution is -2.27. The number of hydrogen-bond donors (Lipinski definition) is 0. The highest BCUT2D eigenvalue weighted by Gasteiger charge is 2.39. The Labute approximate surface area is 127 Å². The lowest BCUT2D eigenvalue weighted by molar-refractivity contribution is -0.137. The van der Waals surface area contributed by atoms with E-state index in [1.807, 2.05) is 0 Å². The summed E-state index contributed by atoms with van der Waals surface area (Å²) in [5.74, 6) is -0.648. The van der Waals surface area contributed by atoms with Crippen LogP contribution < -0.4 is 4.90 Å². The van der Waals surface area contributed by atoms with E-state index in [1.165, 1.54) is 0 Å². The van der Waals surface area contributed by atoms with Gasteiger partial charge in [0.1, 0.15) is 5.25 Å². The molecule has 1 fully saturated rings. The molecule has 1 aliphatic rings. The van der Waals surface area contributed by atoms with Crippen LogP contribution in [0.25, 0.3) is 0 Å². The molecule has 0 saturated carbocycles. The van der Waals surface area contributed by atoms with E-state index in [4.69, 9.17) is 22.3 Å². The van der Waals surface area contributed by atoms with E-state index in [0.29, 0.717) is 6.07 Å². The first kappa shape index (κ1) is 16.4. The van der Waals surface area contributed by atoms with Gasteiger partial charge in [0.25, 0.3) is 0 Å². The van der Waals surface area contributed by atoms with Crippen LogP contribution in [0.15, 0.2) is 18.2 Å². The Morgan fingerprint density at radius 1 is 1.29 bits per heavy atom. The van der Waals surface area contributed by atoms with Gasteiger partial charge in [-0.2, -0.15) is 13.2 Å². The van der Waals surface area contributed by atoms with E-state index in [-0.39, 0.29) is 17.3 Å². The van der Waals surface area contributed by atoms with E-state index in [1.54, 1.807) is 0 Å². The van der Waals surface area contributed by atoms with Crippen molar-refractivity contribution < 1.29 is 26.4 Å². The minimum absolute atomic E-state index is 0.0797. The van der Waals surface area contributed by atoms with Crippen LogP contribution in [-0.4, -0.2) is 26.1 Å². The summed E-state index contributed by atoms with van der Waals surface area (Å²) < 4.78 is 60.5. The zero-order valence-electron chi connectivity index (χ0n) is 10.2. The maximum Gasteiger partial charge on any atom is 0.416 e. The molecule has 116 valence electrons. The van der Waals surface area contributed by atoms with Crippen molar-refractivity contribution in [3.8, 4) is 0 Å². The van der Waals surface area contributed by atoms with Crippen LogP contribution in [0.3, 0.4) is 0 Å². The predicted molar refractivity (Wildman–Crippen MR) is 72.0 cm³/mol. The molecule has 0 radical (unpaired) electrons. The fourth-order valence-electron chi connectivity index (χ4n) is 1.99. The van der Waals surface area contributed by atoms with Crippen molar-refractivity contribution in [3.05, 3.63) is 28.8 Å². The van der Waals surface area contributed by atoms with Crippen LogP contribution in [-0.2, 0) is 20.0 Å². The summed E-state index contributed by atoms with van der Waals surface area (Å²) >= 11 is 5.81. The zero-order valence-corrected chi connectivity index (χ0v) is 12.5. The van der Waals surface area contributed by atoms with Gasteiger partial charge in [0.2, 0.25) is 15.0 Å². The van der Waals surface area contributed by atoms with Gasteiger partial charge in [-0.1, -0.05) is 11.6 Å². The Balaban J connectivity index is 2.41. The minimum Gasteiger partial charge on any atom is -0.310 e. The van der Waals surface area contributed by atoms with E-state index in [9.17, 15) is 26.4 Å². The number of carbonyl (C=O) groups excluding carboxylic acids is 1. The number of benzene rings is 1. The molecule has 2 rings (SSSR count). The third-order valence-electron chi connectivity index (χ3n) is 3.05. The minimum atomic E-state index is -4.60. The molecule has 1 atom stereocenters. The van der Waals surface area contributed by atoms with Gasteiger partial charge in [-0.3, -0.25) is 4.79 Å².